The SMILES string of the molecule is COc1ccc(C(=O)COc2ccc([N+](=O)[O-])c(C)c2)cc1. The Hall–Kier alpha value is -2.89. The average Bonchev–Trinajstić information content (AvgIpc) is 2.52. The first kappa shape index (κ1) is 15.5. The van der Waals surface area contributed by atoms with E-state index in [1.165, 1.54) is 12.1 Å². The number of nitro groups is 1. The van der Waals surface area contributed by atoms with Crippen LogP contribution in [0.1, 0.15) is 15.9 Å². The van der Waals surface area contributed by atoms with Gasteiger partial charge in [-0.2, -0.15) is 0 Å². The number of nitro benzene ring substituents is 1. The van der Waals surface area contributed by atoms with Gasteiger partial charge in [0.05, 0.1) is 12.0 Å². The number of nitrogens with zero attached hydrogens (tertiary/aromatic N) is 1. The predicted molar refractivity (Wildman–Crippen MR) is 80.7 cm³/mol. The van der Waals surface area contributed by atoms with Crippen molar-refractivity contribution in [1.82, 2.24) is 0 Å². The van der Waals surface area contributed by atoms with E-state index in [1.807, 2.05) is 0 Å². The fourth-order valence-corrected chi connectivity index (χ4v) is 1.93. The van der Waals surface area contributed by atoms with Gasteiger partial charge in [0.1, 0.15) is 11.5 Å². The minimum absolute atomic E-state index is 0.0221. The van der Waals surface area contributed by atoms with Crippen molar-refractivity contribution in [2.24, 2.45) is 0 Å². The summed E-state index contributed by atoms with van der Waals surface area (Å²) in [6.07, 6.45) is 0. The van der Waals surface area contributed by atoms with Crippen LogP contribution in [0, 0.1) is 17.0 Å². The van der Waals surface area contributed by atoms with Crippen LogP contribution in [0.2, 0.25) is 0 Å². The summed E-state index contributed by atoms with van der Waals surface area (Å²) in [6, 6.07) is 11.1. The lowest BCUT2D eigenvalue weighted by Gasteiger charge is -2.07. The van der Waals surface area contributed by atoms with Crippen LogP contribution in [0.3, 0.4) is 0 Å². The number of carbonyl (C=O) groups excluding carboxylic acids is 1. The molecular formula is C16H15NO5. The normalized spacial score (nSPS) is 10.1. The molecule has 0 aliphatic heterocycles. The Labute approximate surface area is 127 Å². The molecule has 6 heteroatoms. The average molecular weight is 301 g/mol. The van der Waals surface area contributed by atoms with Gasteiger partial charge in [-0.25, -0.2) is 0 Å². The summed E-state index contributed by atoms with van der Waals surface area (Å²) in [5.41, 5.74) is 1.02. The van der Waals surface area contributed by atoms with Crippen LogP contribution in [0.25, 0.3) is 0 Å². The fraction of sp³-hybridized carbons (Fsp3) is 0.188. The number of benzene rings is 2. The van der Waals surface area contributed by atoms with Gasteiger partial charge in [0.15, 0.2) is 12.4 Å². The van der Waals surface area contributed by atoms with E-state index in [1.54, 1.807) is 44.4 Å². The molecule has 0 aliphatic rings. The summed E-state index contributed by atoms with van der Waals surface area (Å²) >= 11 is 0. The first-order valence-corrected chi connectivity index (χ1v) is 6.56. The molecule has 0 N–H and O–H groups in total. The van der Waals surface area contributed by atoms with Crippen molar-refractivity contribution in [2.75, 3.05) is 13.7 Å². The highest BCUT2D eigenvalue weighted by Crippen LogP contribution is 2.23. The lowest BCUT2D eigenvalue weighted by atomic mass is 10.1. The van der Waals surface area contributed by atoms with E-state index in [0.29, 0.717) is 22.6 Å². The summed E-state index contributed by atoms with van der Waals surface area (Å²) < 4.78 is 10.4. The van der Waals surface area contributed by atoms with E-state index >= 15 is 0 Å². The molecule has 0 saturated heterocycles. The molecule has 6 nitrogen and oxygen atoms in total. The van der Waals surface area contributed by atoms with Gasteiger partial charge in [-0.1, -0.05) is 0 Å². The Bertz CT molecular complexity index is 694. The van der Waals surface area contributed by atoms with Crippen LogP contribution < -0.4 is 9.47 Å². The third-order valence-electron chi connectivity index (χ3n) is 3.15. The second kappa shape index (κ2) is 6.71. The second-order valence-electron chi connectivity index (χ2n) is 4.65. The number of aryl methyl sites for hydroxylation is 1. The zero-order valence-electron chi connectivity index (χ0n) is 12.2. The molecule has 114 valence electrons. The molecule has 0 aliphatic carbocycles. The number of rotatable bonds is 6. The van der Waals surface area contributed by atoms with E-state index in [-0.39, 0.29) is 18.1 Å². The maximum atomic E-state index is 12.0. The Morgan fingerprint density at radius 2 is 1.77 bits per heavy atom. The van der Waals surface area contributed by atoms with Crippen LogP contribution >= 0.6 is 0 Å². The van der Waals surface area contributed by atoms with Crippen molar-refractivity contribution in [3.63, 3.8) is 0 Å². The Morgan fingerprint density at radius 1 is 1.14 bits per heavy atom. The lowest BCUT2D eigenvalue weighted by molar-refractivity contribution is -0.385. The van der Waals surface area contributed by atoms with E-state index < -0.39 is 4.92 Å². The first-order chi connectivity index (χ1) is 10.5. The smallest absolute Gasteiger partial charge is 0.272 e. The monoisotopic (exact) mass is 301 g/mol. The van der Waals surface area contributed by atoms with Crippen LogP contribution in [-0.4, -0.2) is 24.4 Å². The third kappa shape index (κ3) is 3.60. The molecule has 0 heterocycles. The Kier molecular flexibility index (Phi) is 4.73. The molecule has 0 amide bonds. The number of carbonyl (C=O) groups is 1. The van der Waals surface area contributed by atoms with Crippen LogP contribution in [-0.2, 0) is 0 Å². The summed E-state index contributed by atoms with van der Waals surface area (Å²) in [5, 5.41) is 10.7. The zero-order valence-corrected chi connectivity index (χ0v) is 12.2. The molecule has 2 rings (SSSR count). The van der Waals surface area contributed by atoms with E-state index in [0.717, 1.165) is 0 Å². The van der Waals surface area contributed by atoms with Gasteiger partial charge < -0.3 is 9.47 Å². The molecule has 0 atom stereocenters. The standard InChI is InChI=1S/C16H15NO5/c1-11-9-14(7-8-15(11)17(19)20)22-10-16(18)12-3-5-13(21-2)6-4-12/h3-9H,10H2,1-2H3. The fourth-order valence-electron chi connectivity index (χ4n) is 1.93. The molecule has 2 aromatic carbocycles. The molecule has 0 spiro atoms. The maximum absolute atomic E-state index is 12.0. The van der Waals surface area contributed by atoms with Crippen LogP contribution in [0.15, 0.2) is 42.5 Å². The molecule has 0 aromatic heterocycles. The highest BCUT2D eigenvalue weighted by molar-refractivity contribution is 5.97. The number of ether oxygens (including phenoxy) is 2. The minimum Gasteiger partial charge on any atom is -0.497 e. The van der Waals surface area contributed by atoms with Crippen molar-refractivity contribution >= 4 is 11.5 Å². The van der Waals surface area contributed by atoms with Crippen LogP contribution in [0.4, 0.5) is 5.69 Å². The summed E-state index contributed by atoms with van der Waals surface area (Å²) in [7, 11) is 1.55. The minimum atomic E-state index is -0.457. The quantitative estimate of drug-likeness (QED) is 0.465. The molecule has 0 bridgehead atoms. The van der Waals surface area contributed by atoms with E-state index in [2.05, 4.69) is 0 Å². The van der Waals surface area contributed by atoms with Crippen molar-refractivity contribution < 1.29 is 19.2 Å². The van der Waals surface area contributed by atoms with Gasteiger partial charge in [0, 0.05) is 17.2 Å². The van der Waals surface area contributed by atoms with Gasteiger partial charge in [0.25, 0.3) is 5.69 Å². The summed E-state index contributed by atoms with van der Waals surface area (Å²) in [4.78, 5) is 22.3. The third-order valence-corrected chi connectivity index (χ3v) is 3.15. The van der Waals surface area contributed by atoms with Crippen LogP contribution in [0.5, 0.6) is 11.5 Å². The molecule has 2 aromatic rings. The molecular weight excluding hydrogens is 286 g/mol. The van der Waals surface area contributed by atoms with Gasteiger partial charge in [-0.3, -0.25) is 14.9 Å². The number of hydrogen-bond acceptors (Lipinski definition) is 5. The number of hydrogen-bond donors (Lipinski definition) is 0. The van der Waals surface area contributed by atoms with Gasteiger partial charge in [-0.05, 0) is 43.3 Å². The predicted octanol–water partition coefficient (Wildman–Crippen LogP) is 3.17. The van der Waals surface area contributed by atoms with Gasteiger partial charge in [0.2, 0.25) is 0 Å². The van der Waals surface area contributed by atoms with Gasteiger partial charge in [-0.15, -0.1) is 0 Å². The maximum Gasteiger partial charge on any atom is 0.272 e. The largest absolute Gasteiger partial charge is 0.497 e. The number of methoxy groups -OCH3 is 1. The first-order valence-electron chi connectivity index (χ1n) is 6.56. The molecule has 22 heavy (non-hydrogen) atoms. The molecule has 0 saturated carbocycles. The Morgan fingerprint density at radius 3 is 2.32 bits per heavy atom. The zero-order chi connectivity index (χ0) is 16.1. The van der Waals surface area contributed by atoms with Crippen molar-refractivity contribution in [3.05, 3.63) is 63.7 Å². The molecule has 0 radical (unpaired) electrons. The second-order valence-corrected chi connectivity index (χ2v) is 4.65. The highest BCUT2D eigenvalue weighted by atomic mass is 16.6. The van der Waals surface area contributed by atoms with Crippen molar-refractivity contribution in [1.29, 1.82) is 0 Å². The number of ketones is 1. The molecule has 0 fully saturated rings. The molecule has 0 unspecified atom stereocenters. The highest BCUT2D eigenvalue weighted by Gasteiger charge is 2.12. The van der Waals surface area contributed by atoms with Crippen molar-refractivity contribution in [2.45, 2.75) is 6.92 Å². The van der Waals surface area contributed by atoms with E-state index in [9.17, 15) is 14.9 Å². The van der Waals surface area contributed by atoms with Gasteiger partial charge >= 0.3 is 0 Å². The number of Topliss-reactive ketones (excluding diaryl/α,β-unsaturated/α-hetero) is 1. The summed E-state index contributed by atoms with van der Waals surface area (Å²) in [5.74, 6) is 0.909. The van der Waals surface area contributed by atoms with Crippen molar-refractivity contribution in [3.8, 4) is 11.5 Å². The topological polar surface area (TPSA) is 78.7 Å². The van der Waals surface area contributed by atoms with E-state index in [4.69, 9.17) is 9.47 Å². The lowest BCUT2D eigenvalue weighted by Crippen LogP contribution is -2.11. The Balaban J connectivity index is 2.01. The summed E-state index contributed by atoms with van der Waals surface area (Å²) in [6.45, 7) is 1.49.